The van der Waals surface area contributed by atoms with Gasteiger partial charge in [0.25, 0.3) is 0 Å². The maximum atomic E-state index is 10.3. The Labute approximate surface area is 67.7 Å². The van der Waals surface area contributed by atoms with Gasteiger partial charge in [0, 0.05) is 17.3 Å². The predicted octanol–water partition coefficient (Wildman–Crippen LogP) is 0.897. The summed E-state index contributed by atoms with van der Waals surface area (Å²) in [5.41, 5.74) is 0. The number of hydrogen-bond donors (Lipinski definition) is 1. The third-order valence-electron chi connectivity index (χ3n) is 1.06. The molecular formula is C6H6N2O2S. The van der Waals surface area contributed by atoms with Crippen molar-refractivity contribution >= 4 is 17.7 Å². The van der Waals surface area contributed by atoms with Gasteiger partial charge in [-0.2, -0.15) is 0 Å². The highest BCUT2D eigenvalue weighted by Gasteiger charge is 2.04. The van der Waals surface area contributed by atoms with E-state index in [9.17, 15) is 4.79 Å². The summed E-state index contributed by atoms with van der Waals surface area (Å²) in [6.07, 6.45) is 4.85. The van der Waals surface area contributed by atoms with Gasteiger partial charge in [0.1, 0.15) is 0 Å². The minimum absolute atomic E-state index is 0.164. The number of thioether (sulfide) groups is 1. The summed E-state index contributed by atoms with van der Waals surface area (Å²) >= 11 is 1.47. The van der Waals surface area contributed by atoms with Crippen LogP contribution in [0.15, 0.2) is 17.3 Å². The topological polar surface area (TPSA) is 63.1 Å². The lowest BCUT2D eigenvalue weighted by Crippen LogP contribution is -2.02. The van der Waals surface area contributed by atoms with Crippen LogP contribution >= 0.6 is 11.8 Å². The lowest BCUT2D eigenvalue weighted by atomic mass is 10.6. The second-order valence-corrected chi connectivity index (χ2v) is 2.63. The summed E-state index contributed by atoms with van der Waals surface area (Å²) in [4.78, 5) is 18.4. The Bertz CT molecular complexity index is 260. The fourth-order valence-electron chi connectivity index (χ4n) is 0.532. The Kier molecular flexibility index (Phi) is 2.43. The molecule has 1 aromatic rings. The number of aromatic carboxylic acids is 1. The first-order valence-corrected chi connectivity index (χ1v) is 4.06. The standard InChI is InChI=1S/C6H6N2O2S/c1-11-4-2-7-5(6(9)10)8-3-4/h2-3H,1H3,(H,9,10). The number of carboxylic acid groups (broad SMARTS) is 1. The minimum atomic E-state index is -1.10. The quantitative estimate of drug-likeness (QED) is 0.668. The van der Waals surface area contributed by atoms with Gasteiger partial charge in [-0.1, -0.05) is 0 Å². The van der Waals surface area contributed by atoms with Crippen LogP contribution in [0, 0.1) is 0 Å². The lowest BCUT2D eigenvalue weighted by molar-refractivity contribution is 0.0683. The highest BCUT2D eigenvalue weighted by molar-refractivity contribution is 7.98. The number of carboxylic acids is 1. The van der Waals surface area contributed by atoms with Crippen molar-refractivity contribution in [3.63, 3.8) is 0 Å². The van der Waals surface area contributed by atoms with Gasteiger partial charge < -0.3 is 5.11 Å². The normalized spacial score (nSPS) is 9.55. The fourth-order valence-corrected chi connectivity index (χ4v) is 0.848. The van der Waals surface area contributed by atoms with Crippen LogP contribution < -0.4 is 0 Å². The van der Waals surface area contributed by atoms with E-state index in [0.717, 1.165) is 4.90 Å². The third-order valence-corrected chi connectivity index (χ3v) is 1.74. The van der Waals surface area contributed by atoms with E-state index in [0.29, 0.717) is 0 Å². The Balaban J connectivity index is 2.91. The molecule has 1 N–H and O–H groups in total. The van der Waals surface area contributed by atoms with Gasteiger partial charge in [-0.05, 0) is 6.26 Å². The zero-order valence-electron chi connectivity index (χ0n) is 5.81. The Morgan fingerprint density at radius 3 is 2.45 bits per heavy atom. The Hall–Kier alpha value is -1.10. The molecule has 0 saturated heterocycles. The Morgan fingerprint density at radius 1 is 1.55 bits per heavy atom. The molecule has 11 heavy (non-hydrogen) atoms. The van der Waals surface area contributed by atoms with Crippen LogP contribution in [0.5, 0.6) is 0 Å². The van der Waals surface area contributed by atoms with Crippen molar-refractivity contribution in [2.45, 2.75) is 4.90 Å². The van der Waals surface area contributed by atoms with Crippen molar-refractivity contribution in [1.29, 1.82) is 0 Å². The third kappa shape index (κ3) is 1.91. The largest absolute Gasteiger partial charge is 0.475 e. The predicted molar refractivity (Wildman–Crippen MR) is 40.8 cm³/mol. The van der Waals surface area contributed by atoms with E-state index in [4.69, 9.17) is 5.11 Å². The number of carbonyl (C=O) groups is 1. The molecule has 0 aliphatic heterocycles. The molecule has 1 heterocycles. The second-order valence-electron chi connectivity index (χ2n) is 1.75. The highest BCUT2D eigenvalue weighted by atomic mass is 32.2. The van der Waals surface area contributed by atoms with Gasteiger partial charge in [-0.15, -0.1) is 11.8 Å². The zero-order chi connectivity index (χ0) is 8.27. The summed E-state index contributed by atoms with van der Waals surface area (Å²) in [5, 5.41) is 8.42. The molecule has 0 aliphatic carbocycles. The zero-order valence-corrected chi connectivity index (χ0v) is 6.63. The summed E-state index contributed by atoms with van der Waals surface area (Å²) in [6, 6.07) is 0. The lowest BCUT2D eigenvalue weighted by Gasteiger charge is -1.93. The highest BCUT2D eigenvalue weighted by Crippen LogP contribution is 2.10. The van der Waals surface area contributed by atoms with Crippen LogP contribution in [0.1, 0.15) is 10.6 Å². The summed E-state index contributed by atoms with van der Waals surface area (Å²) in [6.45, 7) is 0. The SMILES string of the molecule is CSc1cnc(C(=O)O)nc1. The summed E-state index contributed by atoms with van der Waals surface area (Å²) in [7, 11) is 0. The molecule has 0 amide bonds. The Morgan fingerprint density at radius 2 is 2.09 bits per heavy atom. The monoisotopic (exact) mass is 170 g/mol. The van der Waals surface area contributed by atoms with Crippen LogP contribution in [0.4, 0.5) is 0 Å². The van der Waals surface area contributed by atoms with E-state index in [-0.39, 0.29) is 5.82 Å². The first kappa shape index (κ1) is 8.00. The van der Waals surface area contributed by atoms with Crippen LogP contribution in [0.3, 0.4) is 0 Å². The van der Waals surface area contributed by atoms with Gasteiger partial charge >= 0.3 is 5.97 Å². The van der Waals surface area contributed by atoms with Gasteiger partial charge in [-0.3, -0.25) is 0 Å². The molecule has 0 bridgehead atoms. The molecule has 0 saturated carbocycles. The molecule has 0 aliphatic rings. The molecule has 0 radical (unpaired) electrons. The molecule has 1 aromatic heterocycles. The molecule has 0 aromatic carbocycles. The van der Waals surface area contributed by atoms with Gasteiger partial charge in [-0.25, -0.2) is 14.8 Å². The van der Waals surface area contributed by atoms with E-state index < -0.39 is 5.97 Å². The van der Waals surface area contributed by atoms with Crippen LogP contribution in [-0.4, -0.2) is 27.3 Å². The maximum Gasteiger partial charge on any atom is 0.373 e. The molecule has 4 nitrogen and oxygen atoms in total. The van der Waals surface area contributed by atoms with Gasteiger partial charge in [0.05, 0.1) is 0 Å². The van der Waals surface area contributed by atoms with Gasteiger partial charge in [0.15, 0.2) is 0 Å². The molecule has 0 atom stereocenters. The second kappa shape index (κ2) is 3.34. The van der Waals surface area contributed by atoms with Crippen molar-refractivity contribution < 1.29 is 9.90 Å². The van der Waals surface area contributed by atoms with Crippen molar-refractivity contribution in [2.24, 2.45) is 0 Å². The number of aromatic nitrogens is 2. The van der Waals surface area contributed by atoms with E-state index in [1.54, 1.807) is 0 Å². The van der Waals surface area contributed by atoms with Crippen molar-refractivity contribution in [3.8, 4) is 0 Å². The van der Waals surface area contributed by atoms with E-state index >= 15 is 0 Å². The molecule has 1 rings (SSSR count). The van der Waals surface area contributed by atoms with E-state index in [2.05, 4.69) is 9.97 Å². The van der Waals surface area contributed by atoms with Crippen molar-refractivity contribution in [1.82, 2.24) is 9.97 Å². The maximum absolute atomic E-state index is 10.3. The van der Waals surface area contributed by atoms with Crippen molar-refractivity contribution in [3.05, 3.63) is 18.2 Å². The van der Waals surface area contributed by atoms with Crippen LogP contribution in [-0.2, 0) is 0 Å². The average Bonchev–Trinajstić information content (AvgIpc) is 2.05. The number of rotatable bonds is 2. The van der Waals surface area contributed by atoms with Gasteiger partial charge in [0.2, 0.25) is 5.82 Å². The fraction of sp³-hybridized carbons (Fsp3) is 0.167. The first-order valence-electron chi connectivity index (χ1n) is 2.83. The van der Waals surface area contributed by atoms with E-state index in [1.807, 2.05) is 6.26 Å². The molecule has 5 heteroatoms. The smallest absolute Gasteiger partial charge is 0.373 e. The summed E-state index contributed by atoms with van der Waals surface area (Å²) < 4.78 is 0. The molecule has 0 fully saturated rings. The molecule has 58 valence electrons. The molecule has 0 unspecified atom stereocenters. The van der Waals surface area contributed by atoms with E-state index in [1.165, 1.54) is 24.2 Å². The molecular weight excluding hydrogens is 164 g/mol. The minimum Gasteiger partial charge on any atom is -0.475 e. The van der Waals surface area contributed by atoms with Crippen LogP contribution in [0.2, 0.25) is 0 Å². The van der Waals surface area contributed by atoms with Crippen LogP contribution in [0.25, 0.3) is 0 Å². The van der Waals surface area contributed by atoms with Crippen molar-refractivity contribution in [2.75, 3.05) is 6.26 Å². The first-order chi connectivity index (χ1) is 5.24. The average molecular weight is 170 g/mol. The summed E-state index contributed by atoms with van der Waals surface area (Å²) in [5.74, 6) is -1.26. The number of nitrogens with zero attached hydrogens (tertiary/aromatic N) is 2. The number of hydrogen-bond acceptors (Lipinski definition) is 4. The molecule has 0 spiro atoms.